The average Bonchev–Trinajstić information content (AvgIpc) is 3.49. The normalized spacial score (nSPS) is 11.7. The zero-order valence-corrected chi connectivity index (χ0v) is 26.6. The Kier molecular flexibility index (Phi) is 5.97. The molecule has 0 spiro atoms. The van der Waals surface area contributed by atoms with Crippen molar-refractivity contribution in [2.45, 2.75) is 0 Å². The van der Waals surface area contributed by atoms with Crippen LogP contribution >= 0.6 is 0 Å². The van der Waals surface area contributed by atoms with Crippen molar-refractivity contribution in [3.8, 4) is 34.0 Å². The summed E-state index contributed by atoms with van der Waals surface area (Å²) in [4.78, 5) is 0. The number of nitrogens with zero attached hydrogens (tertiary/aromatic N) is 2. The van der Waals surface area contributed by atoms with Gasteiger partial charge in [0.25, 0.3) is 0 Å². The molecule has 0 atom stereocenters. The highest BCUT2D eigenvalue weighted by Gasteiger charge is 2.21. The minimum absolute atomic E-state index is 0.654. The van der Waals surface area contributed by atoms with Crippen molar-refractivity contribution in [3.05, 3.63) is 175 Å². The molecule has 10 aromatic rings. The van der Waals surface area contributed by atoms with Gasteiger partial charge in [-0.15, -0.1) is 0 Å². The molecule has 10 rings (SSSR count). The van der Waals surface area contributed by atoms with Crippen LogP contribution in [0.15, 0.2) is 170 Å². The number of aromatic nitrogens is 1. The fourth-order valence-corrected chi connectivity index (χ4v) is 8.09. The highest BCUT2D eigenvalue weighted by atomic mass is 15.0. The molecule has 2 nitrogen and oxygen atoms in total. The van der Waals surface area contributed by atoms with Gasteiger partial charge in [-0.3, -0.25) is 0 Å². The van der Waals surface area contributed by atoms with Crippen LogP contribution in [0.3, 0.4) is 0 Å². The average molecular weight is 621 g/mol. The van der Waals surface area contributed by atoms with Gasteiger partial charge < -0.3 is 4.57 Å². The first-order chi connectivity index (χ1) is 24.3. The van der Waals surface area contributed by atoms with Gasteiger partial charge in [0.05, 0.1) is 22.7 Å². The van der Waals surface area contributed by atoms with Crippen molar-refractivity contribution in [1.29, 1.82) is 5.26 Å². The largest absolute Gasteiger partial charge is 0.309 e. The van der Waals surface area contributed by atoms with Gasteiger partial charge in [-0.05, 0) is 102 Å². The van der Waals surface area contributed by atoms with Gasteiger partial charge in [0.1, 0.15) is 0 Å². The second-order valence-corrected chi connectivity index (χ2v) is 12.8. The molecule has 1 aromatic heterocycles. The lowest BCUT2D eigenvalue weighted by Gasteiger charge is -2.20. The summed E-state index contributed by atoms with van der Waals surface area (Å²) in [5.41, 5.74) is 8.81. The van der Waals surface area contributed by atoms with E-state index in [-0.39, 0.29) is 0 Å². The molecule has 0 N–H and O–H groups in total. The van der Waals surface area contributed by atoms with E-state index in [0.29, 0.717) is 5.56 Å². The van der Waals surface area contributed by atoms with Crippen LogP contribution in [-0.2, 0) is 0 Å². The standard InChI is InChI=1S/C47H28N2/c48-29-30-22-24-37-38-25-23-33(28-44(38)49(43(37)26-30)34-14-2-1-3-15-34)45-39-18-8-10-20-41(39)47(42-21-11-9-19-40(42)45)46-35-16-6-4-12-31(35)27-32-13-5-7-17-36(32)46/h1-28H. The summed E-state index contributed by atoms with van der Waals surface area (Å²) in [5, 5.41) is 22.0. The van der Waals surface area contributed by atoms with Gasteiger partial charge >= 0.3 is 0 Å². The van der Waals surface area contributed by atoms with Crippen molar-refractivity contribution in [3.63, 3.8) is 0 Å². The molecule has 0 unspecified atom stereocenters. The number of para-hydroxylation sites is 1. The maximum absolute atomic E-state index is 9.79. The van der Waals surface area contributed by atoms with E-state index in [0.717, 1.165) is 27.7 Å². The van der Waals surface area contributed by atoms with Gasteiger partial charge in [-0.2, -0.15) is 5.26 Å². The lowest BCUT2D eigenvalue weighted by molar-refractivity contribution is 1.18. The molecule has 0 aliphatic rings. The number of nitriles is 1. The molecule has 0 aliphatic carbocycles. The minimum Gasteiger partial charge on any atom is -0.309 e. The molecule has 49 heavy (non-hydrogen) atoms. The highest BCUT2D eigenvalue weighted by molar-refractivity contribution is 6.27. The predicted molar refractivity (Wildman–Crippen MR) is 206 cm³/mol. The first-order valence-electron chi connectivity index (χ1n) is 16.7. The first kappa shape index (κ1) is 27.4. The Balaban J connectivity index is 1.34. The van der Waals surface area contributed by atoms with Crippen molar-refractivity contribution < 1.29 is 0 Å². The summed E-state index contributed by atoms with van der Waals surface area (Å²) in [6.07, 6.45) is 0. The molecule has 9 aromatic carbocycles. The molecule has 226 valence electrons. The van der Waals surface area contributed by atoms with Crippen LogP contribution in [0.1, 0.15) is 5.56 Å². The van der Waals surface area contributed by atoms with Crippen LogP contribution < -0.4 is 0 Å². The summed E-state index contributed by atoms with van der Waals surface area (Å²) in [5.74, 6) is 0. The Morgan fingerprint density at radius 2 is 0.837 bits per heavy atom. The predicted octanol–water partition coefficient (Wildman–Crippen LogP) is 12.6. The summed E-state index contributed by atoms with van der Waals surface area (Å²) in [6.45, 7) is 0. The van der Waals surface area contributed by atoms with Crippen LogP contribution in [0, 0.1) is 11.3 Å². The van der Waals surface area contributed by atoms with Crippen molar-refractivity contribution >= 4 is 64.9 Å². The van der Waals surface area contributed by atoms with Crippen molar-refractivity contribution in [2.75, 3.05) is 0 Å². The maximum Gasteiger partial charge on any atom is 0.0992 e. The quantitative estimate of drug-likeness (QED) is 0.181. The number of fused-ring (bicyclic) bond motifs is 7. The van der Waals surface area contributed by atoms with E-state index in [1.54, 1.807) is 0 Å². The Morgan fingerprint density at radius 3 is 1.43 bits per heavy atom. The molecule has 0 bridgehead atoms. The SMILES string of the molecule is N#Cc1ccc2c3ccc(-c4c5ccccc5c(-c5c6ccccc6cc6ccccc56)c5ccccc45)cc3n(-c3ccccc3)c2c1. The molecule has 0 amide bonds. The van der Waals surface area contributed by atoms with Crippen molar-refractivity contribution in [1.82, 2.24) is 4.57 Å². The summed E-state index contributed by atoms with van der Waals surface area (Å²) < 4.78 is 2.30. The van der Waals surface area contributed by atoms with Crippen LogP contribution in [0.4, 0.5) is 0 Å². The second-order valence-electron chi connectivity index (χ2n) is 12.8. The molecular formula is C47H28N2. The van der Waals surface area contributed by atoms with E-state index in [9.17, 15) is 5.26 Å². The Hall–Kier alpha value is -6.69. The highest BCUT2D eigenvalue weighted by Crippen LogP contribution is 2.48. The van der Waals surface area contributed by atoms with Gasteiger partial charge in [0.2, 0.25) is 0 Å². The summed E-state index contributed by atoms with van der Waals surface area (Å²) in [7, 11) is 0. The molecule has 0 radical (unpaired) electrons. The van der Waals surface area contributed by atoms with Gasteiger partial charge in [0.15, 0.2) is 0 Å². The zero-order valence-electron chi connectivity index (χ0n) is 26.6. The molecule has 1 heterocycles. The maximum atomic E-state index is 9.79. The zero-order chi connectivity index (χ0) is 32.5. The molecular weight excluding hydrogens is 593 g/mol. The van der Waals surface area contributed by atoms with E-state index in [4.69, 9.17) is 0 Å². The number of rotatable bonds is 3. The van der Waals surface area contributed by atoms with E-state index in [1.807, 2.05) is 18.2 Å². The fraction of sp³-hybridized carbons (Fsp3) is 0. The van der Waals surface area contributed by atoms with E-state index in [2.05, 4.69) is 162 Å². The van der Waals surface area contributed by atoms with Crippen LogP contribution in [0.25, 0.3) is 92.8 Å². The number of hydrogen-bond donors (Lipinski definition) is 0. The molecule has 0 saturated heterocycles. The third kappa shape index (κ3) is 4.07. The lowest BCUT2D eigenvalue weighted by Crippen LogP contribution is -1.95. The molecule has 0 fully saturated rings. The van der Waals surface area contributed by atoms with Crippen LogP contribution in [0.2, 0.25) is 0 Å². The van der Waals surface area contributed by atoms with Gasteiger partial charge in [-0.25, -0.2) is 0 Å². The third-order valence-corrected chi connectivity index (χ3v) is 10.2. The van der Waals surface area contributed by atoms with Crippen molar-refractivity contribution in [2.24, 2.45) is 0 Å². The van der Waals surface area contributed by atoms with Crippen LogP contribution in [0.5, 0.6) is 0 Å². The third-order valence-electron chi connectivity index (χ3n) is 10.2. The fourth-order valence-electron chi connectivity index (χ4n) is 8.09. The first-order valence-corrected chi connectivity index (χ1v) is 16.7. The lowest BCUT2D eigenvalue weighted by atomic mass is 9.83. The summed E-state index contributed by atoms with van der Waals surface area (Å²) in [6, 6.07) is 63.4. The Morgan fingerprint density at radius 1 is 0.367 bits per heavy atom. The van der Waals surface area contributed by atoms with Crippen LogP contribution in [-0.4, -0.2) is 4.57 Å². The van der Waals surface area contributed by atoms with E-state index < -0.39 is 0 Å². The Bertz CT molecular complexity index is 2880. The monoisotopic (exact) mass is 620 g/mol. The van der Waals surface area contributed by atoms with Gasteiger partial charge in [0, 0.05) is 16.5 Å². The minimum atomic E-state index is 0.654. The van der Waals surface area contributed by atoms with E-state index >= 15 is 0 Å². The number of hydrogen-bond acceptors (Lipinski definition) is 1. The second kappa shape index (κ2) is 10.7. The molecule has 0 aliphatic heterocycles. The Labute approximate surface area is 283 Å². The molecule has 2 heteroatoms. The summed E-state index contributed by atoms with van der Waals surface area (Å²) >= 11 is 0. The molecule has 0 saturated carbocycles. The topological polar surface area (TPSA) is 28.7 Å². The smallest absolute Gasteiger partial charge is 0.0992 e. The number of benzene rings is 9. The van der Waals surface area contributed by atoms with E-state index in [1.165, 1.54) is 65.2 Å². The van der Waals surface area contributed by atoms with Gasteiger partial charge in [-0.1, -0.05) is 133 Å².